The molecule has 0 bridgehead atoms. The van der Waals surface area contributed by atoms with Gasteiger partial charge in [-0.25, -0.2) is 0 Å². The topological polar surface area (TPSA) is 18.5 Å². The first-order valence-electron chi connectivity index (χ1n) is 7.12. The maximum Gasteiger partial charge on any atom is 0.130 e. The van der Waals surface area contributed by atoms with E-state index in [1.54, 1.807) is 14.2 Å². The minimum Gasteiger partial charge on any atom is -0.497 e. The maximum atomic E-state index is 5.53. The number of aryl methyl sites for hydroxylation is 3. The molecule has 0 aromatic heterocycles. The van der Waals surface area contributed by atoms with Crippen molar-refractivity contribution in [3.8, 4) is 11.5 Å². The fourth-order valence-electron chi connectivity index (χ4n) is 3.12. The number of fused-ring (bicyclic) bond motifs is 3. The Labute approximate surface area is 125 Å². The summed E-state index contributed by atoms with van der Waals surface area (Å²) >= 11 is 0. The van der Waals surface area contributed by atoms with Crippen LogP contribution in [0.15, 0.2) is 30.3 Å². The van der Waals surface area contributed by atoms with Gasteiger partial charge in [0.2, 0.25) is 0 Å². The van der Waals surface area contributed by atoms with Crippen LogP contribution in [0.1, 0.15) is 16.7 Å². The third-order valence-electron chi connectivity index (χ3n) is 4.35. The minimum atomic E-state index is 0.824. The van der Waals surface area contributed by atoms with Crippen LogP contribution in [0.5, 0.6) is 11.5 Å². The van der Waals surface area contributed by atoms with Crippen molar-refractivity contribution >= 4 is 21.5 Å². The van der Waals surface area contributed by atoms with Gasteiger partial charge in [0.25, 0.3) is 0 Å². The van der Waals surface area contributed by atoms with E-state index in [0.29, 0.717) is 0 Å². The molecule has 108 valence electrons. The molecule has 0 saturated heterocycles. The molecule has 0 heterocycles. The van der Waals surface area contributed by atoms with E-state index in [1.807, 2.05) is 6.07 Å². The predicted octanol–water partition coefficient (Wildman–Crippen LogP) is 4.94. The Kier molecular flexibility index (Phi) is 3.25. The first-order chi connectivity index (χ1) is 10.1. The van der Waals surface area contributed by atoms with Crippen LogP contribution in [0.4, 0.5) is 0 Å². The summed E-state index contributed by atoms with van der Waals surface area (Å²) in [5.74, 6) is 1.67. The third kappa shape index (κ3) is 2.02. The Hall–Kier alpha value is -2.22. The summed E-state index contributed by atoms with van der Waals surface area (Å²) in [4.78, 5) is 0. The Bertz CT molecular complexity index is 847. The lowest BCUT2D eigenvalue weighted by Crippen LogP contribution is -1.93. The minimum absolute atomic E-state index is 0.824. The second-order valence-corrected chi connectivity index (χ2v) is 5.55. The predicted molar refractivity (Wildman–Crippen MR) is 88.8 cm³/mol. The zero-order valence-electron chi connectivity index (χ0n) is 13.2. The second kappa shape index (κ2) is 4.96. The summed E-state index contributed by atoms with van der Waals surface area (Å²) in [6.07, 6.45) is 0. The first-order valence-corrected chi connectivity index (χ1v) is 7.12. The van der Waals surface area contributed by atoms with Crippen LogP contribution < -0.4 is 9.47 Å². The van der Waals surface area contributed by atoms with Gasteiger partial charge in [-0.3, -0.25) is 0 Å². The molecule has 3 aromatic carbocycles. The maximum absolute atomic E-state index is 5.53. The fourth-order valence-corrected chi connectivity index (χ4v) is 3.12. The van der Waals surface area contributed by atoms with Gasteiger partial charge >= 0.3 is 0 Å². The Balaban J connectivity index is 2.56. The summed E-state index contributed by atoms with van der Waals surface area (Å²) < 4.78 is 11.0. The molecule has 2 nitrogen and oxygen atoms in total. The van der Waals surface area contributed by atoms with E-state index in [0.717, 1.165) is 16.9 Å². The van der Waals surface area contributed by atoms with Crippen LogP contribution in [0.25, 0.3) is 21.5 Å². The third-order valence-corrected chi connectivity index (χ3v) is 4.35. The monoisotopic (exact) mass is 280 g/mol. The molecule has 0 aliphatic heterocycles. The van der Waals surface area contributed by atoms with Crippen molar-refractivity contribution in [1.29, 1.82) is 0 Å². The lowest BCUT2D eigenvalue weighted by molar-refractivity contribution is 0.398. The molecule has 0 radical (unpaired) electrons. The van der Waals surface area contributed by atoms with Gasteiger partial charge in [-0.2, -0.15) is 0 Å². The molecule has 0 aliphatic rings. The summed E-state index contributed by atoms with van der Waals surface area (Å²) in [7, 11) is 3.39. The summed E-state index contributed by atoms with van der Waals surface area (Å²) in [6, 6.07) is 10.6. The average Bonchev–Trinajstić information content (AvgIpc) is 2.50. The van der Waals surface area contributed by atoms with Gasteiger partial charge < -0.3 is 9.47 Å². The first kappa shape index (κ1) is 13.7. The lowest BCUT2D eigenvalue weighted by Gasteiger charge is -2.15. The fraction of sp³-hybridized carbons (Fsp3) is 0.263. The van der Waals surface area contributed by atoms with Crippen LogP contribution in [-0.4, -0.2) is 14.2 Å². The Morgan fingerprint density at radius 1 is 0.714 bits per heavy atom. The van der Waals surface area contributed by atoms with Crippen LogP contribution in [0.2, 0.25) is 0 Å². The van der Waals surface area contributed by atoms with E-state index in [1.165, 1.54) is 32.8 Å². The van der Waals surface area contributed by atoms with Crippen molar-refractivity contribution in [2.75, 3.05) is 14.2 Å². The van der Waals surface area contributed by atoms with E-state index in [9.17, 15) is 0 Å². The molecule has 0 N–H and O–H groups in total. The molecular formula is C19H20O2. The van der Waals surface area contributed by atoms with Crippen LogP contribution in [0.3, 0.4) is 0 Å². The molecule has 0 spiro atoms. The van der Waals surface area contributed by atoms with Gasteiger partial charge in [0.1, 0.15) is 11.5 Å². The van der Waals surface area contributed by atoms with Gasteiger partial charge in [-0.15, -0.1) is 0 Å². The van der Waals surface area contributed by atoms with E-state index in [4.69, 9.17) is 9.47 Å². The quantitative estimate of drug-likeness (QED) is 0.619. The zero-order chi connectivity index (χ0) is 15.1. The standard InChI is InChI=1S/C19H20O2/c1-11-8-12(2)19-15(13(11)3)6-7-16-17(19)9-14(20-4)10-18(16)21-5/h6-10H,1-5H3. The van der Waals surface area contributed by atoms with Crippen LogP contribution >= 0.6 is 0 Å². The molecule has 0 amide bonds. The highest BCUT2D eigenvalue weighted by atomic mass is 16.5. The smallest absolute Gasteiger partial charge is 0.130 e. The number of benzene rings is 3. The van der Waals surface area contributed by atoms with Crippen LogP contribution in [-0.2, 0) is 0 Å². The van der Waals surface area contributed by atoms with Gasteiger partial charge in [0.05, 0.1) is 14.2 Å². The summed E-state index contributed by atoms with van der Waals surface area (Å²) in [5.41, 5.74) is 3.95. The molecule has 0 unspecified atom stereocenters. The lowest BCUT2D eigenvalue weighted by atomic mass is 9.92. The van der Waals surface area contributed by atoms with Crippen molar-refractivity contribution in [1.82, 2.24) is 0 Å². The molecule has 0 aliphatic carbocycles. The highest BCUT2D eigenvalue weighted by Crippen LogP contribution is 2.38. The molecule has 0 fully saturated rings. The molecule has 3 rings (SSSR count). The van der Waals surface area contributed by atoms with Crippen molar-refractivity contribution in [3.05, 3.63) is 47.0 Å². The Morgan fingerprint density at radius 2 is 1.43 bits per heavy atom. The van der Waals surface area contributed by atoms with Crippen molar-refractivity contribution in [2.24, 2.45) is 0 Å². The summed E-state index contributed by atoms with van der Waals surface area (Å²) in [6.45, 7) is 6.51. The number of rotatable bonds is 2. The van der Waals surface area contributed by atoms with Gasteiger partial charge in [-0.1, -0.05) is 18.2 Å². The highest BCUT2D eigenvalue weighted by Gasteiger charge is 2.12. The van der Waals surface area contributed by atoms with E-state index < -0.39 is 0 Å². The van der Waals surface area contributed by atoms with Crippen molar-refractivity contribution in [3.63, 3.8) is 0 Å². The van der Waals surface area contributed by atoms with Crippen LogP contribution in [0, 0.1) is 20.8 Å². The van der Waals surface area contributed by atoms with Crippen molar-refractivity contribution < 1.29 is 9.47 Å². The molecule has 2 heteroatoms. The largest absolute Gasteiger partial charge is 0.497 e. The van der Waals surface area contributed by atoms with Gasteiger partial charge in [0, 0.05) is 11.5 Å². The number of methoxy groups -OCH3 is 2. The normalized spacial score (nSPS) is 11.1. The second-order valence-electron chi connectivity index (χ2n) is 5.55. The highest BCUT2D eigenvalue weighted by molar-refractivity contribution is 6.12. The van der Waals surface area contributed by atoms with E-state index in [2.05, 4.69) is 45.0 Å². The number of ether oxygens (including phenoxy) is 2. The molecule has 0 saturated carbocycles. The average molecular weight is 280 g/mol. The molecule has 0 atom stereocenters. The Morgan fingerprint density at radius 3 is 2.10 bits per heavy atom. The molecule has 3 aromatic rings. The number of hydrogen-bond donors (Lipinski definition) is 0. The van der Waals surface area contributed by atoms with Gasteiger partial charge in [-0.05, 0) is 59.7 Å². The number of hydrogen-bond acceptors (Lipinski definition) is 2. The summed E-state index contributed by atoms with van der Waals surface area (Å²) in [5, 5.41) is 4.89. The zero-order valence-corrected chi connectivity index (χ0v) is 13.2. The van der Waals surface area contributed by atoms with Gasteiger partial charge in [0.15, 0.2) is 0 Å². The van der Waals surface area contributed by atoms with Crippen molar-refractivity contribution in [2.45, 2.75) is 20.8 Å². The molecule has 21 heavy (non-hydrogen) atoms. The van der Waals surface area contributed by atoms with E-state index >= 15 is 0 Å². The SMILES string of the molecule is COc1cc(OC)c2ccc3c(C)c(C)cc(C)c3c2c1. The molecular weight excluding hydrogens is 260 g/mol. The van der Waals surface area contributed by atoms with E-state index in [-0.39, 0.29) is 0 Å².